The van der Waals surface area contributed by atoms with E-state index in [4.69, 9.17) is 10.7 Å². The first-order valence-corrected chi connectivity index (χ1v) is 9.95. The average Bonchev–Trinajstić information content (AvgIpc) is 2.97. The number of nitrogens with two attached hydrogens (primary N) is 1. The number of nitrogens with one attached hydrogen (secondary N) is 1. The molecule has 26 heavy (non-hydrogen) atoms. The highest BCUT2D eigenvalue weighted by Gasteiger charge is 2.35. The second kappa shape index (κ2) is 8.35. The first kappa shape index (κ1) is 20.6. The third-order valence-corrected chi connectivity index (χ3v) is 5.99. The number of aryl methyl sites for hydroxylation is 1. The molecule has 7 nitrogen and oxygen atoms in total. The molecule has 0 aliphatic carbocycles. The molecule has 1 fully saturated rings. The molecule has 0 spiro atoms. The molecule has 0 radical (unpaired) electrons. The molecule has 1 aliphatic rings. The van der Waals surface area contributed by atoms with Gasteiger partial charge in [0.05, 0.1) is 17.8 Å². The van der Waals surface area contributed by atoms with Crippen LogP contribution in [0.1, 0.15) is 49.2 Å². The van der Waals surface area contributed by atoms with Crippen molar-refractivity contribution in [1.29, 1.82) is 0 Å². The predicted octanol–water partition coefficient (Wildman–Crippen LogP) is 1.53. The van der Waals surface area contributed by atoms with Crippen LogP contribution in [-0.2, 0) is 11.3 Å². The number of rotatable bonds is 5. The standard InChI is InChI=1S/C18H32N6OS/c1-12(2)15-13(3)26-14(22-15)11-21-17(20-6)23-7-9-24(10-8-23)18(4,5)16(19)25/h12H,7-11H2,1-6H3,(H2,19,25)(H,20,21). The van der Waals surface area contributed by atoms with Crippen LogP contribution in [0.4, 0.5) is 0 Å². The van der Waals surface area contributed by atoms with Gasteiger partial charge in [0.1, 0.15) is 5.01 Å². The first-order chi connectivity index (χ1) is 12.2. The molecule has 8 heteroatoms. The van der Waals surface area contributed by atoms with Gasteiger partial charge in [-0.2, -0.15) is 0 Å². The van der Waals surface area contributed by atoms with Crippen molar-refractivity contribution in [3.63, 3.8) is 0 Å². The number of guanidine groups is 1. The number of hydrogen-bond donors (Lipinski definition) is 2. The number of aliphatic imine (C=N–C) groups is 1. The lowest BCUT2D eigenvalue weighted by atomic mass is 10.0. The second-order valence-electron chi connectivity index (χ2n) is 7.50. The molecule has 3 N–H and O–H groups in total. The molecular weight excluding hydrogens is 348 g/mol. The van der Waals surface area contributed by atoms with E-state index in [1.807, 2.05) is 13.8 Å². The molecule has 0 saturated carbocycles. The number of carbonyl (C=O) groups excluding carboxylic acids is 1. The number of primary amides is 1. The Morgan fingerprint density at radius 2 is 1.96 bits per heavy atom. The summed E-state index contributed by atoms with van der Waals surface area (Å²) in [6, 6.07) is 0. The van der Waals surface area contributed by atoms with Crippen LogP contribution in [0.2, 0.25) is 0 Å². The van der Waals surface area contributed by atoms with E-state index >= 15 is 0 Å². The largest absolute Gasteiger partial charge is 0.368 e. The van der Waals surface area contributed by atoms with Crippen LogP contribution in [0.25, 0.3) is 0 Å². The molecule has 1 amide bonds. The van der Waals surface area contributed by atoms with Gasteiger partial charge in [-0.05, 0) is 26.7 Å². The predicted molar refractivity (Wildman–Crippen MR) is 108 cm³/mol. The summed E-state index contributed by atoms with van der Waals surface area (Å²) >= 11 is 1.74. The Morgan fingerprint density at radius 1 is 1.35 bits per heavy atom. The average molecular weight is 381 g/mol. The lowest BCUT2D eigenvalue weighted by molar-refractivity contribution is -0.129. The molecule has 0 aromatic carbocycles. The summed E-state index contributed by atoms with van der Waals surface area (Å²) in [5, 5.41) is 4.51. The summed E-state index contributed by atoms with van der Waals surface area (Å²) in [5.74, 6) is 1.04. The Balaban J connectivity index is 1.92. The van der Waals surface area contributed by atoms with E-state index in [9.17, 15) is 4.79 Å². The Labute approximate surface area is 160 Å². The SMILES string of the molecule is CN=C(NCc1nc(C(C)C)c(C)s1)N1CCN(C(C)(C)C(N)=O)CC1. The summed E-state index contributed by atoms with van der Waals surface area (Å²) in [6.45, 7) is 14.1. The Hall–Kier alpha value is -1.67. The van der Waals surface area contributed by atoms with E-state index in [-0.39, 0.29) is 5.91 Å². The van der Waals surface area contributed by atoms with Gasteiger partial charge >= 0.3 is 0 Å². The van der Waals surface area contributed by atoms with Crippen molar-refractivity contribution in [3.8, 4) is 0 Å². The molecule has 0 atom stereocenters. The highest BCUT2D eigenvalue weighted by atomic mass is 32.1. The maximum Gasteiger partial charge on any atom is 0.237 e. The Bertz CT molecular complexity index is 659. The van der Waals surface area contributed by atoms with Crippen molar-refractivity contribution < 1.29 is 4.79 Å². The van der Waals surface area contributed by atoms with Gasteiger partial charge in [-0.25, -0.2) is 4.98 Å². The minimum atomic E-state index is -0.616. The first-order valence-electron chi connectivity index (χ1n) is 9.13. The topological polar surface area (TPSA) is 86.8 Å². The van der Waals surface area contributed by atoms with Crippen LogP contribution in [0.15, 0.2) is 4.99 Å². The lowest BCUT2D eigenvalue weighted by Gasteiger charge is -2.43. The van der Waals surface area contributed by atoms with Gasteiger partial charge in [-0.15, -0.1) is 11.3 Å². The Morgan fingerprint density at radius 3 is 2.42 bits per heavy atom. The van der Waals surface area contributed by atoms with Crippen LogP contribution in [0, 0.1) is 6.92 Å². The molecule has 0 unspecified atom stereocenters. The molecular formula is C18H32N6OS. The normalized spacial score (nSPS) is 17.0. The van der Waals surface area contributed by atoms with Gasteiger partial charge in [0, 0.05) is 38.1 Å². The quantitative estimate of drug-likeness (QED) is 0.598. The summed E-state index contributed by atoms with van der Waals surface area (Å²) in [5.41, 5.74) is 6.10. The minimum Gasteiger partial charge on any atom is -0.368 e. The highest BCUT2D eigenvalue weighted by Crippen LogP contribution is 2.24. The van der Waals surface area contributed by atoms with Crippen molar-refractivity contribution in [3.05, 3.63) is 15.6 Å². The summed E-state index contributed by atoms with van der Waals surface area (Å²) in [4.78, 5) is 26.5. The van der Waals surface area contributed by atoms with Crippen molar-refractivity contribution >= 4 is 23.2 Å². The third-order valence-electron chi connectivity index (χ3n) is 5.01. The number of hydrogen-bond acceptors (Lipinski definition) is 5. The highest BCUT2D eigenvalue weighted by molar-refractivity contribution is 7.11. The molecule has 0 bridgehead atoms. The van der Waals surface area contributed by atoms with Gasteiger partial charge in [-0.3, -0.25) is 14.7 Å². The van der Waals surface area contributed by atoms with Crippen LogP contribution in [-0.4, -0.2) is 65.4 Å². The number of aromatic nitrogens is 1. The Kier molecular flexibility index (Phi) is 6.63. The fraction of sp³-hybridized carbons (Fsp3) is 0.722. The van der Waals surface area contributed by atoms with E-state index in [1.165, 1.54) is 10.6 Å². The zero-order valence-electron chi connectivity index (χ0n) is 16.8. The van der Waals surface area contributed by atoms with Gasteiger partial charge < -0.3 is 16.0 Å². The third kappa shape index (κ3) is 4.54. The van der Waals surface area contributed by atoms with E-state index < -0.39 is 5.54 Å². The summed E-state index contributed by atoms with van der Waals surface area (Å²) in [6.07, 6.45) is 0. The number of nitrogens with zero attached hydrogens (tertiary/aromatic N) is 4. The van der Waals surface area contributed by atoms with Crippen molar-refractivity contribution in [2.24, 2.45) is 10.7 Å². The number of amides is 1. The zero-order chi connectivity index (χ0) is 19.5. The maximum atomic E-state index is 11.7. The summed E-state index contributed by atoms with van der Waals surface area (Å²) < 4.78 is 0. The fourth-order valence-electron chi connectivity index (χ4n) is 3.20. The van der Waals surface area contributed by atoms with E-state index in [0.717, 1.165) is 37.1 Å². The second-order valence-corrected chi connectivity index (χ2v) is 8.79. The zero-order valence-corrected chi connectivity index (χ0v) is 17.6. The van der Waals surface area contributed by atoms with Gasteiger partial charge in [0.2, 0.25) is 5.91 Å². The molecule has 1 aromatic heterocycles. The smallest absolute Gasteiger partial charge is 0.237 e. The van der Waals surface area contributed by atoms with E-state index in [2.05, 4.69) is 40.9 Å². The van der Waals surface area contributed by atoms with Crippen LogP contribution in [0.3, 0.4) is 0 Å². The van der Waals surface area contributed by atoms with E-state index in [0.29, 0.717) is 12.5 Å². The molecule has 146 valence electrons. The fourth-order valence-corrected chi connectivity index (χ4v) is 4.22. The number of carbonyl (C=O) groups is 1. The molecule has 1 aliphatic heterocycles. The minimum absolute atomic E-state index is 0.284. The lowest BCUT2D eigenvalue weighted by Crippen LogP contribution is -2.61. The molecule has 1 aromatic rings. The maximum absolute atomic E-state index is 11.7. The van der Waals surface area contributed by atoms with Crippen LogP contribution >= 0.6 is 11.3 Å². The van der Waals surface area contributed by atoms with Crippen LogP contribution in [0.5, 0.6) is 0 Å². The van der Waals surface area contributed by atoms with Gasteiger partial charge in [-0.1, -0.05) is 13.8 Å². The van der Waals surface area contributed by atoms with Crippen molar-refractivity contribution in [2.45, 2.75) is 52.6 Å². The monoisotopic (exact) mass is 380 g/mol. The molecule has 1 saturated heterocycles. The van der Waals surface area contributed by atoms with Crippen molar-refractivity contribution in [1.82, 2.24) is 20.1 Å². The summed E-state index contributed by atoms with van der Waals surface area (Å²) in [7, 11) is 1.80. The van der Waals surface area contributed by atoms with Crippen molar-refractivity contribution in [2.75, 3.05) is 33.2 Å². The van der Waals surface area contributed by atoms with Crippen LogP contribution < -0.4 is 11.1 Å². The number of thiazole rings is 1. The molecule has 2 heterocycles. The van der Waals surface area contributed by atoms with Gasteiger partial charge in [0.15, 0.2) is 5.96 Å². The molecule has 2 rings (SSSR count). The van der Waals surface area contributed by atoms with Gasteiger partial charge in [0.25, 0.3) is 0 Å². The van der Waals surface area contributed by atoms with E-state index in [1.54, 1.807) is 18.4 Å². The number of piperazine rings is 1.